The topological polar surface area (TPSA) is 0 Å². The van der Waals surface area contributed by atoms with Crippen LogP contribution in [0.15, 0.2) is 78.9 Å². The Morgan fingerprint density at radius 1 is 0.853 bits per heavy atom. The number of hydrogen-bond acceptors (Lipinski definition) is 0. The number of halogens is 2. The molecule has 1 fully saturated rings. The molecule has 0 saturated heterocycles. The van der Waals surface area contributed by atoms with Gasteiger partial charge in [-0.25, -0.2) is 8.78 Å². The van der Waals surface area contributed by atoms with Crippen LogP contribution in [0.1, 0.15) is 80.9 Å². The van der Waals surface area contributed by atoms with Gasteiger partial charge in [0.1, 0.15) is 11.6 Å². The van der Waals surface area contributed by atoms with Gasteiger partial charge in [0.25, 0.3) is 0 Å². The standard InChI is InChI=1S/C32H36F2/c1-3-4-6-11-30-31(33)21-29(22-32(30)34)28-18-16-27(17-19-28)26-14-12-24(13-15-26)20-23(2)25-9-7-5-8-10-25/h3-5,7-10,16-19,21-24,26H,6,11-15,20H2,1-2H3/b4-3+/t23-,24?,26?/m1/s1. The van der Waals surface area contributed by atoms with Gasteiger partial charge in [0.15, 0.2) is 0 Å². The van der Waals surface area contributed by atoms with Gasteiger partial charge in [-0.3, -0.25) is 0 Å². The maximum Gasteiger partial charge on any atom is 0.129 e. The summed E-state index contributed by atoms with van der Waals surface area (Å²) in [6.45, 7) is 4.26. The van der Waals surface area contributed by atoms with Crippen LogP contribution in [-0.2, 0) is 6.42 Å². The van der Waals surface area contributed by atoms with Crippen LogP contribution in [-0.4, -0.2) is 0 Å². The Bertz CT molecular complexity index is 1050. The minimum absolute atomic E-state index is 0.178. The van der Waals surface area contributed by atoms with E-state index in [9.17, 15) is 8.78 Å². The molecule has 0 unspecified atom stereocenters. The lowest BCUT2D eigenvalue weighted by Gasteiger charge is -2.30. The molecule has 2 heteroatoms. The van der Waals surface area contributed by atoms with Gasteiger partial charge < -0.3 is 0 Å². The van der Waals surface area contributed by atoms with Gasteiger partial charge in [-0.05, 0) is 104 Å². The second kappa shape index (κ2) is 11.6. The Labute approximate surface area is 203 Å². The highest BCUT2D eigenvalue weighted by Crippen LogP contribution is 2.40. The van der Waals surface area contributed by atoms with E-state index in [1.54, 1.807) is 0 Å². The van der Waals surface area contributed by atoms with Gasteiger partial charge in [0, 0.05) is 5.56 Å². The monoisotopic (exact) mass is 458 g/mol. The SMILES string of the molecule is C/C=C/CCc1c(F)cc(-c2ccc(C3CCC(C[C@@H](C)c4ccccc4)CC3)cc2)cc1F. The molecular formula is C32H36F2. The molecule has 178 valence electrons. The molecule has 0 heterocycles. The molecule has 4 rings (SSSR count). The summed E-state index contributed by atoms with van der Waals surface area (Å²) in [5.74, 6) is 1.08. The molecule has 0 aromatic heterocycles. The predicted molar refractivity (Wildman–Crippen MR) is 139 cm³/mol. The lowest BCUT2D eigenvalue weighted by Crippen LogP contribution is -2.15. The van der Waals surface area contributed by atoms with E-state index in [0.717, 1.165) is 11.5 Å². The molecule has 0 radical (unpaired) electrons. The van der Waals surface area contributed by atoms with Crippen molar-refractivity contribution in [3.05, 3.63) is 107 Å². The second-order valence-electron chi connectivity index (χ2n) is 9.91. The number of rotatable bonds is 8. The molecule has 0 amide bonds. The molecule has 0 nitrogen and oxygen atoms in total. The Balaban J connectivity index is 1.35. The fourth-order valence-electron chi connectivity index (χ4n) is 5.50. The van der Waals surface area contributed by atoms with E-state index in [-0.39, 0.29) is 5.56 Å². The molecule has 0 spiro atoms. The summed E-state index contributed by atoms with van der Waals surface area (Å²) in [6, 6.07) is 22.1. The van der Waals surface area contributed by atoms with Crippen LogP contribution in [0.5, 0.6) is 0 Å². The van der Waals surface area contributed by atoms with Crippen LogP contribution >= 0.6 is 0 Å². The zero-order chi connectivity index (χ0) is 23.9. The fourth-order valence-corrected chi connectivity index (χ4v) is 5.50. The summed E-state index contributed by atoms with van der Waals surface area (Å²) >= 11 is 0. The van der Waals surface area contributed by atoms with Crippen LogP contribution in [0.4, 0.5) is 8.78 Å². The molecule has 3 aromatic rings. The van der Waals surface area contributed by atoms with Crippen molar-refractivity contribution < 1.29 is 8.78 Å². The van der Waals surface area contributed by atoms with Gasteiger partial charge >= 0.3 is 0 Å². The van der Waals surface area contributed by atoms with Crippen LogP contribution < -0.4 is 0 Å². The molecule has 1 aliphatic rings. The molecule has 0 bridgehead atoms. The van der Waals surface area contributed by atoms with Gasteiger partial charge in [0.2, 0.25) is 0 Å². The first-order valence-electron chi connectivity index (χ1n) is 12.8. The zero-order valence-electron chi connectivity index (χ0n) is 20.4. The molecule has 3 aromatic carbocycles. The highest BCUT2D eigenvalue weighted by molar-refractivity contribution is 5.64. The Kier molecular flexibility index (Phi) is 8.32. The Morgan fingerprint density at radius 3 is 2.12 bits per heavy atom. The minimum atomic E-state index is -0.452. The van der Waals surface area contributed by atoms with Crippen LogP contribution in [0.25, 0.3) is 11.1 Å². The van der Waals surface area contributed by atoms with E-state index in [1.807, 2.05) is 31.2 Å². The smallest absolute Gasteiger partial charge is 0.129 e. The van der Waals surface area contributed by atoms with Crippen molar-refractivity contribution >= 4 is 0 Å². The van der Waals surface area contributed by atoms with Crippen molar-refractivity contribution in [2.75, 3.05) is 0 Å². The number of allylic oxidation sites excluding steroid dienone is 2. The van der Waals surface area contributed by atoms with E-state index in [1.165, 1.54) is 55.4 Å². The summed E-state index contributed by atoms with van der Waals surface area (Å²) in [5, 5.41) is 0. The fraction of sp³-hybridized carbons (Fsp3) is 0.375. The number of benzene rings is 3. The highest BCUT2D eigenvalue weighted by atomic mass is 19.1. The third-order valence-corrected chi connectivity index (χ3v) is 7.56. The van der Waals surface area contributed by atoms with Crippen molar-refractivity contribution in [2.45, 2.75) is 70.6 Å². The van der Waals surface area contributed by atoms with E-state index < -0.39 is 11.6 Å². The van der Waals surface area contributed by atoms with Gasteiger partial charge in [-0.2, -0.15) is 0 Å². The molecule has 0 N–H and O–H groups in total. The van der Waals surface area contributed by atoms with Crippen molar-refractivity contribution in [1.29, 1.82) is 0 Å². The first kappa shape index (κ1) is 24.4. The largest absolute Gasteiger partial charge is 0.207 e. The molecule has 1 aliphatic carbocycles. The Morgan fingerprint density at radius 2 is 1.50 bits per heavy atom. The second-order valence-corrected chi connectivity index (χ2v) is 9.91. The van der Waals surface area contributed by atoms with Gasteiger partial charge in [-0.1, -0.05) is 73.7 Å². The molecule has 0 aliphatic heterocycles. The maximum atomic E-state index is 14.6. The first-order valence-corrected chi connectivity index (χ1v) is 12.8. The van der Waals surface area contributed by atoms with Crippen LogP contribution in [0.2, 0.25) is 0 Å². The molecule has 1 atom stereocenters. The normalized spacial score (nSPS) is 19.4. The van der Waals surface area contributed by atoms with Crippen LogP contribution in [0, 0.1) is 17.6 Å². The maximum absolute atomic E-state index is 14.6. The lowest BCUT2D eigenvalue weighted by atomic mass is 9.75. The zero-order valence-corrected chi connectivity index (χ0v) is 20.4. The molecule has 34 heavy (non-hydrogen) atoms. The molecular weight excluding hydrogens is 422 g/mol. The van der Waals surface area contributed by atoms with Crippen LogP contribution in [0.3, 0.4) is 0 Å². The summed E-state index contributed by atoms with van der Waals surface area (Å²) in [4.78, 5) is 0. The summed E-state index contributed by atoms with van der Waals surface area (Å²) in [6.07, 6.45) is 11.1. The van der Waals surface area contributed by atoms with Crippen molar-refractivity contribution in [3.8, 4) is 11.1 Å². The predicted octanol–water partition coefficient (Wildman–Crippen LogP) is 9.61. The van der Waals surface area contributed by atoms with Gasteiger partial charge in [0.05, 0.1) is 0 Å². The highest BCUT2D eigenvalue weighted by Gasteiger charge is 2.24. The molecule has 1 saturated carbocycles. The quantitative estimate of drug-likeness (QED) is 0.295. The van der Waals surface area contributed by atoms with E-state index >= 15 is 0 Å². The van der Waals surface area contributed by atoms with E-state index in [0.29, 0.717) is 30.2 Å². The van der Waals surface area contributed by atoms with E-state index in [2.05, 4.69) is 49.4 Å². The van der Waals surface area contributed by atoms with Gasteiger partial charge in [-0.15, -0.1) is 0 Å². The van der Waals surface area contributed by atoms with Crippen molar-refractivity contribution in [2.24, 2.45) is 5.92 Å². The lowest BCUT2D eigenvalue weighted by molar-refractivity contribution is 0.297. The van der Waals surface area contributed by atoms with E-state index in [4.69, 9.17) is 0 Å². The Hall–Kier alpha value is -2.74. The average molecular weight is 459 g/mol. The summed E-state index contributed by atoms with van der Waals surface area (Å²) < 4.78 is 29.1. The average Bonchev–Trinajstić information content (AvgIpc) is 2.87. The summed E-state index contributed by atoms with van der Waals surface area (Å²) in [5.41, 5.74) is 4.44. The summed E-state index contributed by atoms with van der Waals surface area (Å²) in [7, 11) is 0. The first-order chi connectivity index (χ1) is 16.5. The third-order valence-electron chi connectivity index (χ3n) is 7.56. The number of hydrogen-bond donors (Lipinski definition) is 0. The third kappa shape index (κ3) is 6.03. The van der Waals surface area contributed by atoms with Crippen molar-refractivity contribution in [1.82, 2.24) is 0 Å². The van der Waals surface area contributed by atoms with Crippen molar-refractivity contribution in [3.63, 3.8) is 0 Å². The minimum Gasteiger partial charge on any atom is -0.207 e.